The maximum absolute atomic E-state index is 13.4. The minimum atomic E-state index is -0.414. The summed E-state index contributed by atoms with van der Waals surface area (Å²) in [6.07, 6.45) is -0.345. The van der Waals surface area contributed by atoms with Crippen molar-refractivity contribution in [3.05, 3.63) is 59.4 Å². The van der Waals surface area contributed by atoms with Crippen LogP contribution in [0.15, 0.2) is 42.5 Å². The van der Waals surface area contributed by atoms with Crippen LogP contribution in [0.2, 0.25) is 0 Å². The van der Waals surface area contributed by atoms with Crippen LogP contribution in [-0.4, -0.2) is 73.5 Å². The largest absolute Gasteiger partial charge is 0.491 e. The number of fused-ring (bicyclic) bond motifs is 1. The molecule has 0 spiro atoms. The van der Waals surface area contributed by atoms with E-state index in [0.717, 1.165) is 0 Å². The Morgan fingerprint density at radius 1 is 1.11 bits per heavy atom. The maximum atomic E-state index is 13.4. The van der Waals surface area contributed by atoms with E-state index < -0.39 is 5.82 Å². The Bertz CT molecular complexity index is 1080. The van der Waals surface area contributed by atoms with Crippen LogP contribution in [-0.2, 0) is 9.53 Å². The summed E-state index contributed by atoms with van der Waals surface area (Å²) in [5.41, 5.74) is 1.15. The molecular weight excluding hydrogens is 453 g/mol. The van der Waals surface area contributed by atoms with Crippen molar-refractivity contribution in [3.63, 3.8) is 0 Å². The first-order valence-electron chi connectivity index (χ1n) is 11.5. The van der Waals surface area contributed by atoms with E-state index in [1.807, 2.05) is 13.8 Å². The van der Waals surface area contributed by atoms with Crippen molar-refractivity contribution >= 4 is 23.4 Å². The van der Waals surface area contributed by atoms with Crippen LogP contribution in [0, 0.1) is 11.7 Å². The van der Waals surface area contributed by atoms with Crippen molar-refractivity contribution < 1.29 is 28.2 Å². The van der Waals surface area contributed by atoms with Gasteiger partial charge < -0.3 is 24.6 Å². The highest BCUT2D eigenvalue weighted by atomic mass is 19.1. The summed E-state index contributed by atoms with van der Waals surface area (Å²) < 4.78 is 25.2. The molecule has 1 N–H and O–H groups in total. The molecule has 0 saturated carbocycles. The number of likely N-dealkylation sites (N-methyl/N-ethyl adjacent to an activating group) is 1. The molecule has 0 fully saturated rings. The average molecular weight is 486 g/mol. The van der Waals surface area contributed by atoms with Crippen LogP contribution in [0.1, 0.15) is 41.5 Å². The smallest absolute Gasteiger partial charge is 0.257 e. The number of nitrogens with one attached hydrogen (secondary N) is 1. The minimum Gasteiger partial charge on any atom is -0.491 e. The Labute approximate surface area is 205 Å². The van der Waals surface area contributed by atoms with Gasteiger partial charge in [-0.15, -0.1) is 0 Å². The first kappa shape index (κ1) is 26.2. The number of anilines is 1. The monoisotopic (exact) mass is 485 g/mol. The molecule has 0 aromatic heterocycles. The predicted molar refractivity (Wildman–Crippen MR) is 130 cm³/mol. The normalized spacial score (nSPS) is 21.3. The summed E-state index contributed by atoms with van der Waals surface area (Å²) in [7, 11) is 3.25. The van der Waals surface area contributed by atoms with Gasteiger partial charge in [0.2, 0.25) is 5.91 Å². The first-order valence-corrected chi connectivity index (χ1v) is 11.5. The Hall–Kier alpha value is -3.46. The molecule has 8 nitrogen and oxygen atoms in total. The van der Waals surface area contributed by atoms with E-state index in [1.54, 1.807) is 42.2 Å². The SMILES string of the molecule is CO[C@H]1CN(C)C(=O)c2cc(NC(C)=O)ccc2OC[C@@H](C)N(C(=O)c2ccc(F)cc2)C[C@@H]1C. The third-order valence-corrected chi connectivity index (χ3v) is 6.12. The van der Waals surface area contributed by atoms with Gasteiger partial charge in [0.25, 0.3) is 11.8 Å². The number of halogens is 1. The number of hydrogen-bond acceptors (Lipinski definition) is 5. The summed E-state index contributed by atoms with van der Waals surface area (Å²) in [5.74, 6) is -0.954. The highest BCUT2D eigenvalue weighted by Crippen LogP contribution is 2.27. The molecule has 1 aliphatic rings. The van der Waals surface area contributed by atoms with Crippen LogP contribution in [0.3, 0.4) is 0 Å². The Morgan fingerprint density at radius 2 is 1.80 bits per heavy atom. The number of amides is 3. The van der Waals surface area contributed by atoms with E-state index >= 15 is 0 Å². The molecular formula is C26H32FN3O5. The molecule has 3 atom stereocenters. The van der Waals surface area contributed by atoms with Crippen molar-refractivity contribution in [1.29, 1.82) is 0 Å². The Balaban J connectivity index is 1.99. The summed E-state index contributed by atoms with van der Waals surface area (Å²) in [5, 5.41) is 2.69. The summed E-state index contributed by atoms with van der Waals surface area (Å²) in [6, 6.07) is 9.96. The van der Waals surface area contributed by atoms with Crippen LogP contribution in [0.25, 0.3) is 0 Å². The second-order valence-electron chi connectivity index (χ2n) is 8.95. The zero-order valence-corrected chi connectivity index (χ0v) is 20.7. The number of methoxy groups -OCH3 is 1. The molecule has 9 heteroatoms. The van der Waals surface area contributed by atoms with Crippen molar-refractivity contribution in [3.8, 4) is 5.75 Å². The zero-order valence-electron chi connectivity index (χ0n) is 20.7. The number of carbonyl (C=O) groups excluding carboxylic acids is 3. The van der Waals surface area contributed by atoms with Crippen molar-refractivity contribution in [1.82, 2.24) is 9.80 Å². The topological polar surface area (TPSA) is 88.2 Å². The van der Waals surface area contributed by atoms with E-state index in [-0.39, 0.29) is 48.9 Å². The summed E-state index contributed by atoms with van der Waals surface area (Å²) in [6.45, 7) is 5.98. The average Bonchev–Trinajstić information content (AvgIpc) is 2.83. The number of ether oxygens (including phenoxy) is 2. The summed E-state index contributed by atoms with van der Waals surface area (Å²) >= 11 is 0. The molecule has 188 valence electrons. The second kappa shape index (κ2) is 11.3. The molecule has 0 bridgehead atoms. The fourth-order valence-corrected chi connectivity index (χ4v) is 4.10. The second-order valence-corrected chi connectivity index (χ2v) is 8.95. The predicted octanol–water partition coefficient (Wildman–Crippen LogP) is 3.43. The molecule has 0 unspecified atom stereocenters. The number of rotatable bonds is 3. The maximum Gasteiger partial charge on any atom is 0.257 e. The van der Waals surface area contributed by atoms with Gasteiger partial charge >= 0.3 is 0 Å². The van der Waals surface area contributed by atoms with E-state index in [9.17, 15) is 18.8 Å². The van der Waals surface area contributed by atoms with Gasteiger partial charge in [-0.05, 0) is 49.4 Å². The van der Waals surface area contributed by atoms with Crippen LogP contribution in [0.5, 0.6) is 5.75 Å². The Kier molecular flexibility index (Phi) is 8.45. The molecule has 2 aromatic carbocycles. The van der Waals surface area contributed by atoms with Gasteiger partial charge in [-0.3, -0.25) is 14.4 Å². The fraction of sp³-hybridized carbons (Fsp3) is 0.423. The molecule has 3 amide bonds. The fourth-order valence-electron chi connectivity index (χ4n) is 4.10. The molecule has 35 heavy (non-hydrogen) atoms. The van der Waals surface area contributed by atoms with E-state index in [4.69, 9.17) is 9.47 Å². The van der Waals surface area contributed by atoms with E-state index in [0.29, 0.717) is 29.1 Å². The van der Waals surface area contributed by atoms with Gasteiger partial charge in [0.1, 0.15) is 18.2 Å². The third kappa shape index (κ3) is 6.36. The lowest BCUT2D eigenvalue weighted by molar-refractivity contribution is -0.114. The van der Waals surface area contributed by atoms with Crippen LogP contribution >= 0.6 is 0 Å². The lowest BCUT2D eigenvalue weighted by Gasteiger charge is -2.36. The zero-order chi connectivity index (χ0) is 25.7. The van der Waals surface area contributed by atoms with Gasteiger partial charge in [0, 0.05) is 51.3 Å². The molecule has 3 rings (SSSR count). The van der Waals surface area contributed by atoms with Gasteiger partial charge in [-0.2, -0.15) is 0 Å². The molecule has 2 aromatic rings. The van der Waals surface area contributed by atoms with E-state index in [1.165, 1.54) is 31.2 Å². The van der Waals surface area contributed by atoms with Gasteiger partial charge in [-0.1, -0.05) is 6.92 Å². The molecule has 1 aliphatic heterocycles. The van der Waals surface area contributed by atoms with Crippen LogP contribution < -0.4 is 10.1 Å². The number of nitrogens with zero attached hydrogens (tertiary/aromatic N) is 2. The van der Waals surface area contributed by atoms with Gasteiger partial charge in [0.15, 0.2) is 0 Å². The van der Waals surface area contributed by atoms with Gasteiger partial charge in [-0.25, -0.2) is 4.39 Å². The molecule has 0 saturated heterocycles. The van der Waals surface area contributed by atoms with Crippen molar-refractivity contribution in [2.24, 2.45) is 5.92 Å². The van der Waals surface area contributed by atoms with Crippen LogP contribution in [0.4, 0.5) is 10.1 Å². The minimum absolute atomic E-state index is 0.119. The summed E-state index contributed by atoms with van der Waals surface area (Å²) in [4.78, 5) is 41.5. The third-order valence-electron chi connectivity index (χ3n) is 6.12. The van der Waals surface area contributed by atoms with E-state index in [2.05, 4.69) is 5.32 Å². The number of hydrogen-bond donors (Lipinski definition) is 1. The number of benzene rings is 2. The number of carbonyl (C=O) groups is 3. The standard InChI is InChI=1S/C26H32FN3O5/c1-16-13-30(25(32)19-6-8-20(27)9-7-19)17(2)15-35-23-11-10-21(28-18(3)31)12-22(23)26(33)29(4)14-24(16)34-5/h6-12,16-17,24H,13-15H2,1-5H3,(H,28,31)/t16-,17+,24-/m0/s1. The van der Waals surface area contributed by atoms with Gasteiger partial charge in [0.05, 0.1) is 17.7 Å². The highest BCUT2D eigenvalue weighted by molar-refractivity contribution is 5.99. The lowest BCUT2D eigenvalue weighted by Crippen LogP contribution is -2.48. The van der Waals surface area contributed by atoms with Crippen molar-refractivity contribution in [2.45, 2.75) is 32.9 Å². The molecule has 0 radical (unpaired) electrons. The first-order chi connectivity index (χ1) is 16.6. The van der Waals surface area contributed by atoms with Crippen molar-refractivity contribution in [2.75, 3.05) is 39.2 Å². The highest BCUT2D eigenvalue weighted by Gasteiger charge is 2.31. The lowest BCUT2D eigenvalue weighted by atomic mass is 10.0. The Morgan fingerprint density at radius 3 is 2.43 bits per heavy atom. The molecule has 1 heterocycles. The quantitative estimate of drug-likeness (QED) is 0.720. The molecule has 0 aliphatic carbocycles.